The molecule has 128 valence electrons. The Hall–Kier alpha value is -1.37. The van der Waals surface area contributed by atoms with Crippen molar-refractivity contribution >= 4 is 23.3 Å². The smallest absolute Gasteiger partial charge is 0.250 e. The highest BCUT2D eigenvalue weighted by molar-refractivity contribution is 6.33. The van der Waals surface area contributed by atoms with E-state index >= 15 is 0 Å². The molecule has 0 radical (unpaired) electrons. The number of pyridine rings is 1. The average Bonchev–Trinajstić information content (AvgIpc) is 2.54. The molecule has 1 aliphatic rings. The van der Waals surface area contributed by atoms with Crippen LogP contribution in [0.5, 0.6) is 0 Å². The van der Waals surface area contributed by atoms with Crippen molar-refractivity contribution in [1.29, 1.82) is 0 Å². The van der Waals surface area contributed by atoms with E-state index in [0.717, 1.165) is 12.8 Å². The fraction of sp³-hybridized carbons (Fsp3) is 0.625. The third kappa shape index (κ3) is 4.34. The maximum atomic E-state index is 11.2. The second-order valence-electron chi connectivity index (χ2n) is 6.20. The van der Waals surface area contributed by atoms with Gasteiger partial charge in [-0.3, -0.25) is 9.69 Å². The van der Waals surface area contributed by atoms with Gasteiger partial charge in [-0.15, -0.1) is 0 Å². The highest BCUT2D eigenvalue weighted by Crippen LogP contribution is 2.33. The van der Waals surface area contributed by atoms with Gasteiger partial charge in [0.2, 0.25) is 5.91 Å². The molecule has 1 amide bonds. The molecular formula is C16H25ClN4O2. The highest BCUT2D eigenvalue weighted by Gasteiger charge is 2.35. The summed E-state index contributed by atoms with van der Waals surface area (Å²) in [5, 5.41) is 13.0. The topological polar surface area (TPSA) is 91.5 Å². The molecule has 6 nitrogen and oxygen atoms in total. The number of carbonyl (C=O) groups is 1. The van der Waals surface area contributed by atoms with E-state index in [1.807, 2.05) is 0 Å². The van der Waals surface area contributed by atoms with Gasteiger partial charge in [-0.1, -0.05) is 30.9 Å². The normalized spacial score (nSPS) is 17.2. The number of hydrogen-bond donors (Lipinski definition) is 3. The summed E-state index contributed by atoms with van der Waals surface area (Å²) in [7, 11) is 2.05. The molecular weight excluding hydrogens is 316 g/mol. The maximum Gasteiger partial charge on any atom is 0.250 e. The predicted octanol–water partition coefficient (Wildman–Crippen LogP) is 1.87. The van der Waals surface area contributed by atoms with E-state index in [4.69, 9.17) is 17.3 Å². The summed E-state index contributed by atoms with van der Waals surface area (Å²) < 4.78 is 0. The number of β-amino-alcohol motifs (C(OH)–C–C–N with tert-alkyl or cyclic N) is 1. The first-order valence-electron chi connectivity index (χ1n) is 8.00. The van der Waals surface area contributed by atoms with Crippen molar-refractivity contribution in [3.8, 4) is 0 Å². The van der Waals surface area contributed by atoms with Crippen molar-refractivity contribution in [2.45, 2.75) is 37.6 Å². The van der Waals surface area contributed by atoms with Gasteiger partial charge in [0.15, 0.2) is 0 Å². The molecule has 0 aliphatic heterocycles. The van der Waals surface area contributed by atoms with Gasteiger partial charge in [-0.2, -0.15) is 0 Å². The highest BCUT2D eigenvalue weighted by atomic mass is 35.5. The van der Waals surface area contributed by atoms with Crippen LogP contribution in [0.15, 0.2) is 12.3 Å². The van der Waals surface area contributed by atoms with Gasteiger partial charge in [-0.05, 0) is 26.0 Å². The Morgan fingerprint density at radius 3 is 2.74 bits per heavy atom. The van der Waals surface area contributed by atoms with Crippen molar-refractivity contribution < 1.29 is 9.90 Å². The van der Waals surface area contributed by atoms with Crippen molar-refractivity contribution in [2.75, 3.05) is 32.1 Å². The molecule has 2 rings (SSSR count). The number of nitrogens with two attached hydrogens (primary N) is 1. The number of aromatic nitrogens is 1. The lowest BCUT2D eigenvalue weighted by Gasteiger charge is -2.45. The second kappa shape index (κ2) is 7.95. The summed E-state index contributed by atoms with van der Waals surface area (Å²) in [6, 6.07) is 1.53. The number of likely N-dealkylation sites (N-methyl/N-ethyl adjacent to an activating group) is 1. The van der Waals surface area contributed by atoms with Crippen LogP contribution in [0.1, 0.15) is 42.5 Å². The van der Waals surface area contributed by atoms with Gasteiger partial charge in [0, 0.05) is 24.8 Å². The number of anilines is 1. The SMILES string of the molecule is CN(CCO)C1(CNc2ncc(C(N)=O)cc2Cl)CCCCC1. The number of halogens is 1. The Morgan fingerprint density at radius 2 is 2.17 bits per heavy atom. The molecule has 0 bridgehead atoms. The Kier molecular flexibility index (Phi) is 6.21. The third-order valence-corrected chi connectivity index (χ3v) is 5.03. The standard InChI is InChI=1S/C16H25ClN4O2/c1-21(7-8-22)16(5-3-2-4-6-16)11-20-15-13(17)9-12(10-19-15)14(18)23/h9-10,22H,2-8,11H2,1H3,(H2,18,23)(H,19,20). The second-order valence-corrected chi connectivity index (χ2v) is 6.61. The van der Waals surface area contributed by atoms with Crippen molar-refractivity contribution in [3.05, 3.63) is 22.8 Å². The third-order valence-electron chi connectivity index (χ3n) is 4.74. The zero-order valence-corrected chi connectivity index (χ0v) is 14.3. The monoisotopic (exact) mass is 340 g/mol. The number of aliphatic hydroxyl groups excluding tert-OH is 1. The first-order chi connectivity index (χ1) is 11.0. The average molecular weight is 341 g/mol. The number of nitrogens with zero attached hydrogens (tertiary/aromatic N) is 2. The van der Waals surface area contributed by atoms with Crippen molar-refractivity contribution in [3.63, 3.8) is 0 Å². The molecule has 1 aliphatic carbocycles. The van der Waals surface area contributed by atoms with Gasteiger partial charge in [0.05, 0.1) is 17.2 Å². The quantitative estimate of drug-likeness (QED) is 0.705. The summed E-state index contributed by atoms with van der Waals surface area (Å²) in [4.78, 5) is 17.6. The summed E-state index contributed by atoms with van der Waals surface area (Å²) in [6.45, 7) is 1.49. The number of nitrogens with one attached hydrogen (secondary N) is 1. The van der Waals surface area contributed by atoms with Crippen LogP contribution in [0.2, 0.25) is 5.02 Å². The van der Waals surface area contributed by atoms with Crippen molar-refractivity contribution in [2.24, 2.45) is 5.73 Å². The van der Waals surface area contributed by atoms with E-state index < -0.39 is 5.91 Å². The van der Waals surface area contributed by atoms with E-state index in [2.05, 4.69) is 22.2 Å². The minimum Gasteiger partial charge on any atom is -0.395 e. The number of amides is 1. The molecule has 1 saturated carbocycles. The molecule has 1 fully saturated rings. The first-order valence-corrected chi connectivity index (χ1v) is 8.38. The van der Waals surface area contributed by atoms with E-state index in [-0.39, 0.29) is 12.1 Å². The van der Waals surface area contributed by atoms with Crippen molar-refractivity contribution in [1.82, 2.24) is 9.88 Å². The van der Waals surface area contributed by atoms with Crippen LogP contribution in [0, 0.1) is 0 Å². The van der Waals surface area contributed by atoms with Gasteiger partial charge < -0.3 is 16.2 Å². The molecule has 1 aromatic rings. The van der Waals surface area contributed by atoms with E-state index in [1.165, 1.54) is 31.5 Å². The zero-order valence-electron chi connectivity index (χ0n) is 13.5. The number of rotatable bonds is 7. The Labute approximate surface area is 142 Å². The Bertz CT molecular complexity index is 547. The van der Waals surface area contributed by atoms with Crippen LogP contribution < -0.4 is 11.1 Å². The lowest BCUT2D eigenvalue weighted by Crippen LogP contribution is -2.53. The maximum absolute atomic E-state index is 11.2. The number of aliphatic hydroxyl groups is 1. The molecule has 1 aromatic heterocycles. The lowest BCUT2D eigenvalue weighted by molar-refractivity contribution is 0.0690. The minimum atomic E-state index is -0.544. The fourth-order valence-corrected chi connectivity index (χ4v) is 3.47. The summed E-state index contributed by atoms with van der Waals surface area (Å²) >= 11 is 6.19. The Balaban J connectivity index is 2.10. The molecule has 0 spiro atoms. The molecule has 0 aromatic carbocycles. The van der Waals surface area contributed by atoms with E-state index in [1.54, 1.807) is 0 Å². The predicted molar refractivity (Wildman–Crippen MR) is 91.8 cm³/mol. The lowest BCUT2D eigenvalue weighted by atomic mass is 9.80. The van der Waals surface area contributed by atoms with Gasteiger partial charge in [0.1, 0.15) is 5.82 Å². The molecule has 1 heterocycles. The minimum absolute atomic E-state index is 0.00561. The Morgan fingerprint density at radius 1 is 1.48 bits per heavy atom. The molecule has 4 N–H and O–H groups in total. The zero-order chi connectivity index (χ0) is 16.9. The fourth-order valence-electron chi connectivity index (χ4n) is 3.24. The number of carbonyl (C=O) groups excluding carboxylic acids is 1. The van der Waals surface area contributed by atoms with Gasteiger partial charge in [0.25, 0.3) is 0 Å². The molecule has 0 unspecified atom stereocenters. The molecule has 0 atom stereocenters. The summed E-state index contributed by atoms with van der Waals surface area (Å²) in [5.74, 6) is 0.0105. The first kappa shape index (κ1) is 18.0. The van der Waals surface area contributed by atoms with Crippen LogP contribution in [0.25, 0.3) is 0 Å². The van der Waals surface area contributed by atoms with Crippen LogP contribution in [0.3, 0.4) is 0 Å². The molecule has 23 heavy (non-hydrogen) atoms. The van der Waals surface area contributed by atoms with E-state index in [9.17, 15) is 9.90 Å². The van der Waals surface area contributed by atoms with Crippen LogP contribution in [-0.2, 0) is 0 Å². The summed E-state index contributed by atoms with van der Waals surface area (Å²) in [5.41, 5.74) is 5.52. The number of primary amides is 1. The largest absolute Gasteiger partial charge is 0.395 e. The molecule has 0 saturated heterocycles. The van der Waals surface area contributed by atoms with Crippen LogP contribution >= 0.6 is 11.6 Å². The molecule has 7 heteroatoms. The number of hydrogen-bond acceptors (Lipinski definition) is 5. The van der Waals surface area contributed by atoms with E-state index in [0.29, 0.717) is 29.5 Å². The van der Waals surface area contributed by atoms with Crippen LogP contribution in [-0.4, -0.2) is 53.2 Å². The van der Waals surface area contributed by atoms with Gasteiger partial charge >= 0.3 is 0 Å². The van der Waals surface area contributed by atoms with Crippen LogP contribution in [0.4, 0.5) is 5.82 Å². The summed E-state index contributed by atoms with van der Waals surface area (Å²) in [6.07, 6.45) is 7.20. The van der Waals surface area contributed by atoms with Gasteiger partial charge in [-0.25, -0.2) is 4.98 Å².